The third-order valence-corrected chi connectivity index (χ3v) is 5.99. The van der Waals surface area contributed by atoms with E-state index in [4.69, 9.17) is 15.9 Å². The first-order valence-electron chi connectivity index (χ1n) is 12.8. The van der Waals surface area contributed by atoms with Gasteiger partial charge in [0.1, 0.15) is 11.4 Å². The van der Waals surface area contributed by atoms with Crippen molar-refractivity contribution >= 4 is 11.9 Å². The van der Waals surface area contributed by atoms with Crippen molar-refractivity contribution in [2.24, 2.45) is 0 Å². The molecule has 0 saturated carbocycles. The van der Waals surface area contributed by atoms with E-state index >= 15 is 0 Å². The fourth-order valence-electron chi connectivity index (χ4n) is 4.02. The van der Waals surface area contributed by atoms with E-state index in [1.165, 1.54) is 0 Å². The van der Waals surface area contributed by atoms with Gasteiger partial charge >= 0.3 is 0 Å². The van der Waals surface area contributed by atoms with Crippen LogP contribution in [0.2, 0.25) is 0 Å². The highest BCUT2D eigenvalue weighted by atomic mass is 16.5. The van der Waals surface area contributed by atoms with Gasteiger partial charge in [0, 0.05) is 18.2 Å². The molecule has 3 aromatic heterocycles. The van der Waals surface area contributed by atoms with E-state index in [9.17, 15) is 4.79 Å². The molecule has 5 aromatic rings. The number of para-hydroxylation sites is 1. The van der Waals surface area contributed by atoms with E-state index in [-0.39, 0.29) is 5.95 Å². The van der Waals surface area contributed by atoms with Crippen LogP contribution in [-0.4, -0.2) is 49.1 Å². The predicted octanol–water partition coefficient (Wildman–Crippen LogP) is 4.38. The molecule has 41 heavy (non-hydrogen) atoms. The number of ether oxygens (including phenoxy) is 2. The molecular weight excluding hydrogens is 518 g/mol. The summed E-state index contributed by atoms with van der Waals surface area (Å²) in [4.78, 5) is 26.8. The molecule has 3 heterocycles. The van der Waals surface area contributed by atoms with E-state index < -0.39 is 12.0 Å². The molecule has 5 rings (SSSR count). The van der Waals surface area contributed by atoms with Crippen LogP contribution in [0.15, 0.2) is 85.1 Å². The van der Waals surface area contributed by atoms with Crippen LogP contribution in [0.5, 0.6) is 5.75 Å². The number of rotatable bonds is 10. The Labute approximate surface area is 237 Å². The number of aromatic nitrogens is 6. The number of carbonyl (C=O) groups excluding carboxylic acids is 1. The minimum absolute atomic E-state index is 0.0978. The van der Waals surface area contributed by atoms with Crippen molar-refractivity contribution in [2.45, 2.75) is 26.2 Å². The van der Waals surface area contributed by atoms with Gasteiger partial charge in [-0.05, 0) is 49.4 Å². The summed E-state index contributed by atoms with van der Waals surface area (Å²) < 4.78 is 12.6. The molecule has 0 aliphatic rings. The molecule has 0 saturated heterocycles. The molecule has 1 unspecified atom stereocenters. The van der Waals surface area contributed by atoms with E-state index in [0.29, 0.717) is 41.5 Å². The van der Waals surface area contributed by atoms with Crippen molar-refractivity contribution < 1.29 is 14.3 Å². The number of nitrogens with zero attached hydrogens (tertiary/aromatic N) is 6. The molecule has 10 heteroatoms. The molecule has 0 aliphatic heterocycles. The van der Waals surface area contributed by atoms with E-state index in [1.54, 1.807) is 43.1 Å². The fourth-order valence-corrected chi connectivity index (χ4v) is 4.02. The number of nitrogens with one attached hydrogen (secondary N) is 1. The molecule has 0 aliphatic carbocycles. The summed E-state index contributed by atoms with van der Waals surface area (Å²) in [6.45, 7) is 2.49. The van der Waals surface area contributed by atoms with Crippen LogP contribution in [0.3, 0.4) is 0 Å². The number of pyridine rings is 1. The molecule has 1 N–H and O–H groups in total. The largest absolute Gasteiger partial charge is 0.481 e. The topological polar surface area (TPSA) is 117 Å². The Kier molecular flexibility index (Phi) is 8.38. The van der Waals surface area contributed by atoms with Gasteiger partial charge in [0.2, 0.25) is 5.95 Å². The van der Waals surface area contributed by atoms with Crippen LogP contribution in [0.25, 0.3) is 22.6 Å². The molecule has 1 amide bonds. The second kappa shape index (κ2) is 12.6. The third kappa shape index (κ3) is 6.98. The highest BCUT2D eigenvalue weighted by Crippen LogP contribution is 2.25. The first-order valence-corrected chi connectivity index (χ1v) is 12.8. The Bertz CT molecular complexity index is 1700. The monoisotopic (exact) mass is 545 g/mol. The molecule has 1 atom stereocenters. The number of terminal acetylenes is 1. The molecule has 0 spiro atoms. The van der Waals surface area contributed by atoms with E-state index in [0.717, 1.165) is 17.0 Å². The summed E-state index contributed by atoms with van der Waals surface area (Å²) in [6.07, 6.45) is 6.59. The van der Waals surface area contributed by atoms with Gasteiger partial charge in [0.25, 0.3) is 5.91 Å². The van der Waals surface area contributed by atoms with Crippen LogP contribution in [0.4, 0.5) is 5.95 Å². The lowest BCUT2D eigenvalue weighted by atomic mass is 10.1. The number of methoxy groups -OCH3 is 1. The summed E-state index contributed by atoms with van der Waals surface area (Å²) >= 11 is 0. The Morgan fingerprint density at radius 1 is 0.951 bits per heavy atom. The lowest BCUT2D eigenvalue weighted by molar-refractivity contribution is -0.122. The Morgan fingerprint density at radius 3 is 2.54 bits per heavy atom. The average Bonchev–Trinajstić information content (AvgIpc) is 3.46. The molecule has 2 aromatic carbocycles. The van der Waals surface area contributed by atoms with Crippen LogP contribution in [0.1, 0.15) is 23.9 Å². The molecule has 0 radical (unpaired) electrons. The molecular formula is C31H27N7O3. The van der Waals surface area contributed by atoms with Crippen molar-refractivity contribution in [2.75, 3.05) is 12.4 Å². The SMILES string of the molecule is C#Cc1cccc(-c2cc(-c3cn(Cc4cccc(COC)n4)nn3)nc(NC(=O)C(C)Oc3ccccc3)n2)c1. The highest BCUT2D eigenvalue weighted by Gasteiger charge is 2.19. The Morgan fingerprint density at radius 2 is 1.73 bits per heavy atom. The van der Waals surface area contributed by atoms with Crippen molar-refractivity contribution in [3.63, 3.8) is 0 Å². The quantitative estimate of drug-likeness (QED) is 0.257. The van der Waals surface area contributed by atoms with Crippen molar-refractivity contribution in [3.05, 3.63) is 102 Å². The van der Waals surface area contributed by atoms with Crippen LogP contribution < -0.4 is 10.1 Å². The smallest absolute Gasteiger partial charge is 0.267 e. The summed E-state index contributed by atoms with van der Waals surface area (Å²) in [5.74, 6) is 2.91. The van der Waals surface area contributed by atoms with Crippen molar-refractivity contribution in [1.29, 1.82) is 0 Å². The average molecular weight is 546 g/mol. The maximum Gasteiger partial charge on any atom is 0.267 e. The summed E-state index contributed by atoms with van der Waals surface area (Å²) in [6, 6.07) is 24.0. The standard InChI is InChI=1S/C31H27N7O3/c1-4-22-10-8-11-23(16-22)27-17-28(29-19-38(37-36-29)18-24-12-9-13-25(32-24)20-40-3)34-31(33-27)35-30(39)21(2)41-26-14-6-5-7-15-26/h1,5-17,19,21H,18,20H2,2-3H3,(H,33,34,35,39). The third-order valence-electron chi connectivity index (χ3n) is 5.99. The fraction of sp³-hybridized carbons (Fsp3) is 0.161. The van der Waals surface area contributed by atoms with E-state index in [2.05, 4.69) is 36.5 Å². The van der Waals surface area contributed by atoms with Gasteiger partial charge in [-0.3, -0.25) is 15.1 Å². The number of carbonyl (C=O) groups is 1. The highest BCUT2D eigenvalue weighted by molar-refractivity contribution is 5.93. The first-order chi connectivity index (χ1) is 20.0. The van der Waals surface area contributed by atoms with Gasteiger partial charge in [-0.25, -0.2) is 14.6 Å². The van der Waals surface area contributed by atoms with Gasteiger partial charge in [-0.15, -0.1) is 11.5 Å². The number of hydrogen-bond acceptors (Lipinski definition) is 8. The molecule has 204 valence electrons. The minimum Gasteiger partial charge on any atom is -0.481 e. The van der Waals surface area contributed by atoms with Gasteiger partial charge in [-0.2, -0.15) is 0 Å². The second-order valence-electron chi connectivity index (χ2n) is 9.10. The Hall–Kier alpha value is -5.40. The molecule has 10 nitrogen and oxygen atoms in total. The van der Waals surface area contributed by atoms with Gasteiger partial charge in [-0.1, -0.05) is 47.5 Å². The lowest BCUT2D eigenvalue weighted by Crippen LogP contribution is -2.31. The zero-order chi connectivity index (χ0) is 28.6. The van der Waals surface area contributed by atoms with Crippen LogP contribution >= 0.6 is 0 Å². The van der Waals surface area contributed by atoms with Gasteiger partial charge < -0.3 is 9.47 Å². The summed E-state index contributed by atoms with van der Waals surface area (Å²) in [5, 5.41) is 11.4. The maximum absolute atomic E-state index is 13.0. The number of amides is 1. The normalized spacial score (nSPS) is 11.4. The van der Waals surface area contributed by atoms with Crippen molar-refractivity contribution in [1.82, 2.24) is 29.9 Å². The number of anilines is 1. The second-order valence-corrected chi connectivity index (χ2v) is 9.10. The minimum atomic E-state index is -0.792. The molecule has 0 fully saturated rings. The predicted molar refractivity (Wildman–Crippen MR) is 154 cm³/mol. The zero-order valence-electron chi connectivity index (χ0n) is 22.6. The van der Waals surface area contributed by atoms with Gasteiger partial charge in [0.05, 0.1) is 42.1 Å². The first kappa shape index (κ1) is 27.2. The number of benzene rings is 2. The maximum atomic E-state index is 13.0. The van der Waals surface area contributed by atoms with Crippen LogP contribution in [0, 0.1) is 12.3 Å². The molecule has 0 bridgehead atoms. The Balaban J connectivity index is 1.43. The number of hydrogen-bond donors (Lipinski definition) is 1. The summed E-state index contributed by atoms with van der Waals surface area (Å²) in [5.41, 5.74) is 4.63. The van der Waals surface area contributed by atoms with Crippen molar-refractivity contribution in [3.8, 4) is 40.7 Å². The summed E-state index contributed by atoms with van der Waals surface area (Å²) in [7, 11) is 1.63. The van der Waals surface area contributed by atoms with E-state index in [1.807, 2.05) is 60.7 Å². The van der Waals surface area contributed by atoms with Crippen LogP contribution in [-0.2, 0) is 22.7 Å². The zero-order valence-corrected chi connectivity index (χ0v) is 22.6. The lowest BCUT2D eigenvalue weighted by Gasteiger charge is -2.14. The van der Waals surface area contributed by atoms with Gasteiger partial charge in [0.15, 0.2) is 6.10 Å².